The van der Waals surface area contributed by atoms with E-state index in [1.165, 1.54) is 44.9 Å². The second kappa shape index (κ2) is 5.70. The zero-order chi connectivity index (χ0) is 11.4. The molecule has 3 atom stereocenters. The Morgan fingerprint density at radius 3 is 2.62 bits per heavy atom. The Morgan fingerprint density at radius 1 is 1.12 bits per heavy atom. The summed E-state index contributed by atoms with van der Waals surface area (Å²) in [6, 6.07) is 0. The fourth-order valence-corrected chi connectivity index (χ4v) is 3.61. The Balaban J connectivity index is 1.78. The molecule has 0 bridgehead atoms. The second-order valence-corrected chi connectivity index (χ2v) is 5.49. The van der Waals surface area contributed by atoms with E-state index in [-0.39, 0.29) is 5.97 Å². The quantitative estimate of drug-likeness (QED) is 0.685. The highest BCUT2D eigenvalue weighted by molar-refractivity contribution is 5.69. The van der Waals surface area contributed by atoms with Crippen molar-refractivity contribution < 1.29 is 9.53 Å². The van der Waals surface area contributed by atoms with Gasteiger partial charge in [0.25, 0.3) is 0 Å². The number of esters is 1. The van der Waals surface area contributed by atoms with Gasteiger partial charge in [-0.05, 0) is 43.9 Å². The first-order chi connectivity index (χ1) is 7.79. The second-order valence-electron chi connectivity index (χ2n) is 5.49. The molecular formula is C14H24O2. The summed E-state index contributed by atoms with van der Waals surface area (Å²) in [5.74, 6) is 2.52. The lowest BCUT2D eigenvalue weighted by Gasteiger charge is -2.39. The van der Waals surface area contributed by atoms with Crippen LogP contribution in [0, 0.1) is 17.8 Å². The van der Waals surface area contributed by atoms with Crippen LogP contribution in [0.2, 0.25) is 0 Å². The molecule has 2 saturated carbocycles. The van der Waals surface area contributed by atoms with Gasteiger partial charge in [-0.25, -0.2) is 0 Å². The largest absolute Gasteiger partial charge is 0.466 e. The van der Waals surface area contributed by atoms with Crippen LogP contribution in [0.1, 0.15) is 58.3 Å². The molecule has 0 aromatic rings. The molecule has 0 aliphatic heterocycles. The van der Waals surface area contributed by atoms with Gasteiger partial charge < -0.3 is 4.74 Å². The number of rotatable bonds is 3. The molecule has 2 aliphatic rings. The molecule has 3 unspecified atom stereocenters. The van der Waals surface area contributed by atoms with Gasteiger partial charge in [-0.1, -0.05) is 25.7 Å². The van der Waals surface area contributed by atoms with Crippen LogP contribution in [0.3, 0.4) is 0 Å². The normalized spacial score (nSPS) is 34.2. The molecule has 0 amide bonds. The summed E-state index contributed by atoms with van der Waals surface area (Å²) in [6.07, 6.45) is 10.2. The summed E-state index contributed by atoms with van der Waals surface area (Å²) in [6.45, 7) is 2.41. The van der Waals surface area contributed by atoms with Crippen LogP contribution in [0.15, 0.2) is 0 Å². The maximum absolute atomic E-state index is 11.4. The van der Waals surface area contributed by atoms with Crippen LogP contribution in [0.5, 0.6) is 0 Å². The molecule has 0 radical (unpaired) electrons. The average molecular weight is 224 g/mol. The minimum absolute atomic E-state index is 0.0155. The van der Waals surface area contributed by atoms with E-state index in [9.17, 15) is 4.79 Å². The SMILES string of the molecule is CCOC(=O)CC1CCC2CCCCC2C1. The Morgan fingerprint density at radius 2 is 1.88 bits per heavy atom. The Kier molecular flexibility index (Phi) is 4.25. The molecule has 0 heterocycles. The number of ether oxygens (including phenoxy) is 1. The van der Waals surface area contributed by atoms with Crippen molar-refractivity contribution in [2.75, 3.05) is 6.61 Å². The third-order valence-electron chi connectivity index (χ3n) is 4.41. The lowest BCUT2D eigenvalue weighted by atomic mass is 9.67. The van der Waals surface area contributed by atoms with Crippen LogP contribution in [0.4, 0.5) is 0 Å². The zero-order valence-electron chi connectivity index (χ0n) is 10.4. The monoisotopic (exact) mass is 224 g/mol. The number of carbonyl (C=O) groups is 1. The molecule has 0 spiro atoms. The predicted molar refractivity (Wildman–Crippen MR) is 64.0 cm³/mol. The molecule has 0 N–H and O–H groups in total. The highest BCUT2D eigenvalue weighted by Crippen LogP contribution is 2.43. The summed E-state index contributed by atoms with van der Waals surface area (Å²) in [7, 11) is 0. The van der Waals surface area contributed by atoms with Crippen molar-refractivity contribution in [2.45, 2.75) is 58.3 Å². The molecule has 2 aliphatic carbocycles. The van der Waals surface area contributed by atoms with Crippen LogP contribution in [0.25, 0.3) is 0 Å². The molecular weight excluding hydrogens is 200 g/mol. The molecule has 0 aromatic carbocycles. The van der Waals surface area contributed by atoms with Gasteiger partial charge in [0.2, 0.25) is 0 Å². The van der Waals surface area contributed by atoms with Crippen molar-refractivity contribution >= 4 is 5.97 Å². The molecule has 2 fully saturated rings. The fourth-order valence-electron chi connectivity index (χ4n) is 3.61. The molecule has 2 nitrogen and oxygen atoms in total. The molecule has 2 heteroatoms. The van der Waals surface area contributed by atoms with Gasteiger partial charge in [0.15, 0.2) is 0 Å². The van der Waals surface area contributed by atoms with Crippen LogP contribution >= 0.6 is 0 Å². The third-order valence-corrected chi connectivity index (χ3v) is 4.41. The van der Waals surface area contributed by atoms with Gasteiger partial charge >= 0.3 is 5.97 Å². The number of fused-ring (bicyclic) bond motifs is 1. The van der Waals surface area contributed by atoms with Crippen molar-refractivity contribution in [2.24, 2.45) is 17.8 Å². The van der Waals surface area contributed by atoms with E-state index in [4.69, 9.17) is 4.74 Å². The lowest BCUT2D eigenvalue weighted by molar-refractivity contribution is -0.144. The molecule has 16 heavy (non-hydrogen) atoms. The Bertz CT molecular complexity index is 237. The Hall–Kier alpha value is -0.530. The van der Waals surface area contributed by atoms with Crippen LogP contribution < -0.4 is 0 Å². The van der Waals surface area contributed by atoms with E-state index in [2.05, 4.69) is 0 Å². The first-order valence-electron chi connectivity index (χ1n) is 6.95. The van der Waals surface area contributed by atoms with E-state index >= 15 is 0 Å². The fraction of sp³-hybridized carbons (Fsp3) is 0.929. The van der Waals surface area contributed by atoms with Crippen molar-refractivity contribution in [3.05, 3.63) is 0 Å². The minimum Gasteiger partial charge on any atom is -0.466 e. The predicted octanol–water partition coefficient (Wildman–Crippen LogP) is 3.55. The first-order valence-corrected chi connectivity index (χ1v) is 6.95. The van der Waals surface area contributed by atoms with E-state index in [1.54, 1.807) is 0 Å². The van der Waals surface area contributed by atoms with Crippen molar-refractivity contribution in [1.82, 2.24) is 0 Å². The lowest BCUT2D eigenvalue weighted by Crippen LogP contribution is -2.29. The Labute approximate surface area is 98.7 Å². The zero-order valence-corrected chi connectivity index (χ0v) is 10.4. The molecule has 0 saturated heterocycles. The van der Waals surface area contributed by atoms with Crippen molar-refractivity contribution in [3.8, 4) is 0 Å². The topological polar surface area (TPSA) is 26.3 Å². The van der Waals surface area contributed by atoms with Crippen molar-refractivity contribution in [1.29, 1.82) is 0 Å². The average Bonchev–Trinajstić information content (AvgIpc) is 2.29. The summed E-state index contributed by atoms with van der Waals surface area (Å²) in [4.78, 5) is 11.4. The first kappa shape index (κ1) is 11.9. The van der Waals surface area contributed by atoms with Gasteiger partial charge in [-0.3, -0.25) is 4.79 Å². The van der Waals surface area contributed by atoms with Crippen molar-refractivity contribution in [3.63, 3.8) is 0 Å². The number of hydrogen-bond acceptors (Lipinski definition) is 2. The summed E-state index contributed by atoms with van der Waals surface area (Å²) in [5.41, 5.74) is 0. The molecule has 92 valence electrons. The summed E-state index contributed by atoms with van der Waals surface area (Å²) < 4.78 is 5.04. The minimum atomic E-state index is 0.0155. The highest BCUT2D eigenvalue weighted by atomic mass is 16.5. The van der Waals surface area contributed by atoms with Crippen LogP contribution in [-0.4, -0.2) is 12.6 Å². The summed E-state index contributed by atoms with van der Waals surface area (Å²) in [5, 5.41) is 0. The van der Waals surface area contributed by atoms with Gasteiger partial charge in [-0.2, -0.15) is 0 Å². The van der Waals surface area contributed by atoms with E-state index in [0.29, 0.717) is 18.9 Å². The number of carbonyl (C=O) groups excluding carboxylic acids is 1. The maximum atomic E-state index is 11.4. The smallest absolute Gasteiger partial charge is 0.306 e. The molecule has 0 aromatic heterocycles. The highest BCUT2D eigenvalue weighted by Gasteiger charge is 2.32. The standard InChI is InChI=1S/C14H24O2/c1-2-16-14(15)10-11-7-8-12-5-3-4-6-13(12)9-11/h11-13H,2-10H2,1H3. The van der Waals surface area contributed by atoms with Gasteiger partial charge in [0.1, 0.15) is 0 Å². The van der Waals surface area contributed by atoms with E-state index < -0.39 is 0 Å². The van der Waals surface area contributed by atoms with Crippen LogP contribution in [-0.2, 0) is 9.53 Å². The van der Waals surface area contributed by atoms with E-state index in [0.717, 1.165) is 11.8 Å². The number of hydrogen-bond donors (Lipinski definition) is 0. The third kappa shape index (κ3) is 2.99. The molecule has 2 rings (SSSR count). The van der Waals surface area contributed by atoms with Gasteiger partial charge in [0, 0.05) is 6.42 Å². The van der Waals surface area contributed by atoms with Gasteiger partial charge in [0.05, 0.1) is 6.61 Å². The van der Waals surface area contributed by atoms with Gasteiger partial charge in [-0.15, -0.1) is 0 Å². The van der Waals surface area contributed by atoms with E-state index in [1.807, 2.05) is 6.92 Å². The maximum Gasteiger partial charge on any atom is 0.306 e. The summed E-state index contributed by atoms with van der Waals surface area (Å²) >= 11 is 0.